The van der Waals surface area contributed by atoms with Gasteiger partial charge in [0.2, 0.25) is 0 Å². The Bertz CT molecular complexity index is 625. The van der Waals surface area contributed by atoms with Crippen LogP contribution in [-0.2, 0) is 17.7 Å². The predicted octanol–water partition coefficient (Wildman–Crippen LogP) is 2.08. The summed E-state index contributed by atoms with van der Waals surface area (Å²) in [5, 5.41) is 12.3. The van der Waals surface area contributed by atoms with E-state index in [0.717, 1.165) is 18.8 Å². The van der Waals surface area contributed by atoms with E-state index in [1.165, 1.54) is 11.3 Å². The van der Waals surface area contributed by atoms with E-state index in [4.69, 9.17) is 4.74 Å². The van der Waals surface area contributed by atoms with Crippen LogP contribution in [0.2, 0.25) is 0 Å². The van der Waals surface area contributed by atoms with Crippen molar-refractivity contribution in [3.8, 4) is 0 Å². The Morgan fingerprint density at radius 1 is 1.27 bits per heavy atom. The number of ether oxygens (including phenoxy) is 1. The van der Waals surface area contributed by atoms with Crippen LogP contribution in [-0.4, -0.2) is 40.5 Å². The fraction of sp³-hybridized carbons (Fsp3) is 0.562. The summed E-state index contributed by atoms with van der Waals surface area (Å²) in [6.07, 6.45) is 1.08. The molecule has 0 spiro atoms. The molecule has 1 aliphatic rings. The van der Waals surface area contributed by atoms with E-state index < -0.39 is 0 Å². The number of aromatic nitrogens is 4. The Balaban J connectivity index is 1.93. The van der Waals surface area contributed by atoms with Crippen LogP contribution in [0.4, 0.5) is 5.69 Å². The Morgan fingerprint density at radius 3 is 2.86 bits per heavy atom. The van der Waals surface area contributed by atoms with E-state index in [1.807, 2.05) is 4.68 Å². The van der Waals surface area contributed by atoms with Crippen molar-refractivity contribution in [1.29, 1.82) is 0 Å². The van der Waals surface area contributed by atoms with Gasteiger partial charge in [0.05, 0.1) is 19.2 Å². The van der Waals surface area contributed by atoms with Gasteiger partial charge in [0.15, 0.2) is 5.82 Å². The normalized spacial score (nSPS) is 15.4. The predicted molar refractivity (Wildman–Crippen MR) is 84.8 cm³/mol. The van der Waals surface area contributed by atoms with Crippen molar-refractivity contribution in [2.45, 2.75) is 32.9 Å². The number of para-hydroxylation sites is 1. The summed E-state index contributed by atoms with van der Waals surface area (Å²) < 4.78 is 7.03. The molecule has 3 rings (SSSR count). The zero-order valence-electron chi connectivity index (χ0n) is 13.4. The first kappa shape index (κ1) is 15.0. The average molecular weight is 301 g/mol. The lowest BCUT2D eigenvalue weighted by molar-refractivity contribution is 0.180. The first-order chi connectivity index (χ1) is 10.7. The third-order valence-electron chi connectivity index (χ3n) is 4.22. The van der Waals surface area contributed by atoms with Crippen LogP contribution in [0.1, 0.15) is 31.3 Å². The van der Waals surface area contributed by atoms with Gasteiger partial charge in [-0.05, 0) is 34.4 Å². The quantitative estimate of drug-likeness (QED) is 0.817. The fourth-order valence-corrected chi connectivity index (χ4v) is 3.21. The van der Waals surface area contributed by atoms with E-state index in [1.54, 1.807) is 7.11 Å². The first-order valence-electron chi connectivity index (χ1n) is 7.82. The summed E-state index contributed by atoms with van der Waals surface area (Å²) in [7, 11) is 1.70. The van der Waals surface area contributed by atoms with Crippen molar-refractivity contribution in [3.05, 3.63) is 35.7 Å². The number of tetrazole rings is 1. The van der Waals surface area contributed by atoms with Crippen LogP contribution in [0.15, 0.2) is 24.3 Å². The maximum atomic E-state index is 5.16. The molecule has 2 heterocycles. The molecule has 6 heteroatoms. The van der Waals surface area contributed by atoms with Crippen molar-refractivity contribution in [2.24, 2.45) is 5.92 Å². The summed E-state index contributed by atoms with van der Waals surface area (Å²) in [4.78, 5) is 2.44. The lowest BCUT2D eigenvalue weighted by Gasteiger charge is -2.32. The smallest absolute Gasteiger partial charge is 0.174 e. The first-order valence-corrected chi connectivity index (χ1v) is 7.82. The maximum Gasteiger partial charge on any atom is 0.174 e. The molecule has 1 aromatic carbocycles. The van der Waals surface area contributed by atoms with Crippen molar-refractivity contribution in [1.82, 2.24) is 20.2 Å². The van der Waals surface area contributed by atoms with Crippen molar-refractivity contribution >= 4 is 5.69 Å². The molecule has 0 bridgehead atoms. The highest BCUT2D eigenvalue weighted by atomic mass is 16.5. The van der Waals surface area contributed by atoms with Crippen LogP contribution in [0.25, 0.3) is 0 Å². The number of nitrogens with zero attached hydrogens (tertiary/aromatic N) is 5. The lowest BCUT2D eigenvalue weighted by atomic mass is 10.0. The molecule has 22 heavy (non-hydrogen) atoms. The van der Waals surface area contributed by atoms with Gasteiger partial charge in [0.1, 0.15) is 0 Å². The molecule has 118 valence electrons. The lowest BCUT2D eigenvalue weighted by Crippen LogP contribution is -2.33. The second kappa shape index (κ2) is 6.44. The SMILES string of the molecule is COCCn1nnnc1C(C(C)C)N1CCc2ccccc21. The summed E-state index contributed by atoms with van der Waals surface area (Å²) in [5.74, 6) is 1.34. The second-order valence-electron chi connectivity index (χ2n) is 6.01. The summed E-state index contributed by atoms with van der Waals surface area (Å²) in [5.41, 5.74) is 2.71. The number of fused-ring (bicyclic) bond motifs is 1. The van der Waals surface area contributed by atoms with Crippen LogP contribution in [0, 0.1) is 5.92 Å². The number of methoxy groups -OCH3 is 1. The molecular weight excluding hydrogens is 278 g/mol. The molecule has 1 unspecified atom stereocenters. The van der Waals surface area contributed by atoms with Gasteiger partial charge < -0.3 is 9.64 Å². The molecule has 1 aromatic heterocycles. The maximum absolute atomic E-state index is 5.16. The summed E-state index contributed by atoms with van der Waals surface area (Å²) >= 11 is 0. The molecule has 0 amide bonds. The van der Waals surface area contributed by atoms with E-state index in [9.17, 15) is 0 Å². The Hall–Kier alpha value is -1.95. The van der Waals surface area contributed by atoms with Crippen molar-refractivity contribution in [2.75, 3.05) is 25.2 Å². The topological polar surface area (TPSA) is 56.1 Å². The summed E-state index contributed by atoms with van der Waals surface area (Å²) in [6, 6.07) is 8.79. The van der Waals surface area contributed by atoms with Crippen LogP contribution in [0.5, 0.6) is 0 Å². The number of hydrogen-bond donors (Lipinski definition) is 0. The van der Waals surface area contributed by atoms with E-state index in [-0.39, 0.29) is 6.04 Å². The Kier molecular flexibility index (Phi) is 4.38. The minimum atomic E-state index is 0.176. The van der Waals surface area contributed by atoms with Crippen LogP contribution in [0.3, 0.4) is 0 Å². The average Bonchev–Trinajstić information content (AvgIpc) is 3.13. The Morgan fingerprint density at radius 2 is 2.09 bits per heavy atom. The van der Waals surface area contributed by atoms with Gasteiger partial charge >= 0.3 is 0 Å². The number of anilines is 1. The summed E-state index contributed by atoms with van der Waals surface area (Å²) in [6.45, 7) is 6.75. The minimum Gasteiger partial charge on any atom is -0.383 e. The molecule has 0 saturated carbocycles. The largest absolute Gasteiger partial charge is 0.383 e. The van der Waals surface area contributed by atoms with Gasteiger partial charge in [-0.25, -0.2) is 4.68 Å². The zero-order chi connectivity index (χ0) is 15.5. The van der Waals surface area contributed by atoms with Gasteiger partial charge in [-0.1, -0.05) is 32.0 Å². The molecular formula is C16H23N5O. The van der Waals surface area contributed by atoms with Crippen LogP contribution >= 0.6 is 0 Å². The third kappa shape index (κ3) is 2.70. The van der Waals surface area contributed by atoms with Crippen LogP contribution < -0.4 is 4.90 Å². The molecule has 0 radical (unpaired) electrons. The number of hydrogen-bond acceptors (Lipinski definition) is 5. The van der Waals surface area contributed by atoms with E-state index in [2.05, 4.69) is 58.5 Å². The zero-order valence-corrected chi connectivity index (χ0v) is 13.4. The molecule has 1 aliphatic heterocycles. The van der Waals surface area contributed by atoms with Gasteiger partial charge in [0, 0.05) is 19.3 Å². The van der Waals surface area contributed by atoms with Gasteiger partial charge in [-0.2, -0.15) is 0 Å². The molecule has 0 saturated heterocycles. The highest BCUT2D eigenvalue weighted by Gasteiger charge is 2.32. The second-order valence-corrected chi connectivity index (χ2v) is 6.01. The highest BCUT2D eigenvalue weighted by molar-refractivity contribution is 5.59. The van der Waals surface area contributed by atoms with Gasteiger partial charge in [0.25, 0.3) is 0 Å². The molecule has 2 aromatic rings. The third-order valence-corrected chi connectivity index (χ3v) is 4.22. The number of benzene rings is 1. The fourth-order valence-electron chi connectivity index (χ4n) is 3.21. The van der Waals surface area contributed by atoms with Crippen molar-refractivity contribution < 1.29 is 4.74 Å². The van der Waals surface area contributed by atoms with Crippen molar-refractivity contribution in [3.63, 3.8) is 0 Å². The van der Waals surface area contributed by atoms with Gasteiger partial charge in [-0.3, -0.25) is 0 Å². The highest BCUT2D eigenvalue weighted by Crippen LogP contribution is 2.37. The molecule has 1 atom stereocenters. The minimum absolute atomic E-state index is 0.176. The molecule has 0 aliphatic carbocycles. The molecule has 0 fully saturated rings. The number of rotatable bonds is 6. The molecule has 6 nitrogen and oxygen atoms in total. The van der Waals surface area contributed by atoms with E-state index in [0.29, 0.717) is 19.1 Å². The Labute approximate surface area is 131 Å². The molecule has 0 N–H and O–H groups in total. The standard InChI is InChI=1S/C16H23N5O/c1-12(2)15(16-17-18-19-21(16)10-11-22-3)20-9-8-13-6-4-5-7-14(13)20/h4-7,12,15H,8-11H2,1-3H3. The van der Waals surface area contributed by atoms with Gasteiger partial charge in [-0.15, -0.1) is 5.10 Å². The monoisotopic (exact) mass is 301 g/mol. The van der Waals surface area contributed by atoms with E-state index >= 15 is 0 Å².